The molecule has 0 bridgehead atoms. The summed E-state index contributed by atoms with van der Waals surface area (Å²) < 4.78 is 39.4. The standard InChI is InChI=1S/C18H24F3N7O2/c19-18(20,21)14-5-6-24-8-12(14)9-25-16-26-10-15(28(29)30)17(23,27-16)7-11-1-3-13(22)4-2-11/h5-6,8,10-11,13H,1-4,7,9,22-23H2,(H2,25,26,27). The van der Waals surface area contributed by atoms with Crippen LogP contribution in [0.4, 0.5) is 13.2 Å². The quantitative estimate of drug-likeness (QED) is 0.414. The summed E-state index contributed by atoms with van der Waals surface area (Å²) in [7, 11) is 0. The van der Waals surface area contributed by atoms with Gasteiger partial charge in [-0.1, -0.05) is 0 Å². The average molecular weight is 427 g/mol. The molecule has 1 fully saturated rings. The van der Waals surface area contributed by atoms with E-state index in [0.29, 0.717) is 0 Å². The lowest BCUT2D eigenvalue weighted by Crippen LogP contribution is -2.64. The molecule has 0 saturated heterocycles. The minimum atomic E-state index is -4.54. The second-order valence-corrected chi connectivity index (χ2v) is 7.71. The van der Waals surface area contributed by atoms with Gasteiger partial charge in [-0.05, 0) is 44.1 Å². The Hall–Kier alpha value is -2.73. The highest BCUT2D eigenvalue weighted by Gasteiger charge is 2.44. The number of nitrogens with two attached hydrogens (primary N) is 2. The number of halogens is 3. The smallest absolute Gasteiger partial charge is 0.329 e. The first-order valence-corrected chi connectivity index (χ1v) is 9.57. The van der Waals surface area contributed by atoms with Crippen LogP contribution in [0.25, 0.3) is 0 Å². The maximum atomic E-state index is 13.1. The fraction of sp³-hybridized carbons (Fsp3) is 0.556. The lowest BCUT2D eigenvalue weighted by Gasteiger charge is -2.37. The molecule has 1 atom stereocenters. The summed E-state index contributed by atoms with van der Waals surface area (Å²) in [5, 5.41) is 16.9. The number of nitrogens with one attached hydrogen (secondary N) is 2. The van der Waals surface area contributed by atoms with Gasteiger partial charge in [0.2, 0.25) is 0 Å². The van der Waals surface area contributed by atoms with Crippen LogP contribution in [0.3, 0.4) is 0 Å². The highest BCUT2D eigenvalue weighted by atomic mass is 19.4. The van der Waals surface area contributed by atoms with Crippen molar-refractivity contribution in [2.45, 2.75) is 56.5 Å². The van der Waals surface area contributed by atoms with E-state index in [1.54, 1.807) is 0 Å². The van der Waals surface area contributed by atoms with Crippen molar-refractivity contribution in [1.29, 1.82) is 0 Å². The molecule has 1 aromatic rings. The van der Waals surface area contributed by atoms with Crippen molar-refractivity contribution in [2.24, 2.45) is 22.4 Å². The van der Waals surface area contributed by atoms with Gasteiger partial charge >= 0.3 is 11.9 Å². The van der Waals surface area contributed by atoms with Gasteiger partial charge in [-0.2, -0.15) is 13.2 Å². The summed E-state index contributed by atoms with van der Waals surface area (Å²) in [6.45, 7) is -0.325. The van der Waals surface area contributed by atoms with Crippen LogP contribution in [-0.4, -0.2) is 27.6 Å². The zero-order valence-electron chi connectivity index (χ0n) is 16.2. The number of hydrogen-bond acceptors (Lipinski definition) is 6. The minimum absolute atomic E-state index is 0.0626. The predicted molar refractivity (Wildman–Crippen MR) is 103 cm³/mol. The number of hydrogen-bond donors (Lipinski definition) is 4. The first-order chi connectivity index (χ1) is 14.1. The van der Waals surface area contributed by atoms with Gasteiger partial charge in [-0.15, -0.1) is 0 Å². The Morgan fingerprint density at radius 1 is 1.33 bits per heavy atom. The second kappa shape index (κ2) is 8.56. The number of rotatable bonds is 5. The number of aliphatic imine (C=N–C) groups is 1. The number of nitrogens with zero attached hydrogens (tertiary/aromatic N) is 3. The molecule has 0 radical (unpaired) electrons. The Bertz CT molecular complexity index is 850. The maximum absolute atomic E-state index is 13.1. The third-order valence-corrected chi connectivity index (χ3v) is 5.46. The summed E-state index contributed by atoms with van der Waals surface area (Å²) in [5.74, 6) is 0.202. The zero-order chi connectivity index (χ0) is 21.9. The van der Waals surface area contributed by atoms with Crippen LogP contribution in [0.5, 0.6) is 0 Å². The van der Waals surface area contributed by atoms with E-state index in [-0.39, 0.29) is 42.1 Å². The van der Waals surface area contributed by atoms with Crippen LogP contribution in [0.2, 0.25) is 0 Å². The number of alkyl halides is 3. The summed E-state index contributed by atoms with van der Waals surface area (Å²) in [4.78, 5) is 18.7. The summed E-state index contributed by atoms with van der Waals surface area (Å²) in [6, 6.07) is 1.00. The first-order valence-electron chi connectivity index (χ1n) is 9.57. The van der Waals surface area contributed by atoms with Crippen molar-refractivity contribution in [3.8, 4) is 0 Å². The van der Waals surface area contributed by atoms with Crippen molar-refractivity contribution < 1.29 is 18.1 Å². The molecule has 3 rings (SSSR count). The molecule has 2 heterocycles. The molecule has 0 amide bonds. The molecule has 30 heavy (non-hydrogen) atoms. The zero-order valence-corrected chi connectivity index (χ0v) is 16.2. The maximum Gasteiger partial charge on any atom is 0.416 e. The molecule has 1 unspecified atom stereocenters. The van der Waals surface area contributed by atoms with E-state index in [4.69, 9.17) is 11.5 Å². The Morgan fingerprint density at radius 2 is 2.03 bits per heavy atom. The van der Waals surface area contributed by atoms with Crippen molar-refractivity contribution in [2.75, 3.05) is 0 Å². The van der Waals surface area contributed by atoms with Crippen molar-refractivity contribution >= 4 is 5.96 Å². The molecule has 6 N–H and O–H groups in total. The van der Waals surface area contributed by atoms with Crippen LogP contribution < -0.4 is 22.1 Å². The van der Waals surface area contributed by atoms with Gasteiger partial charge < -0.3 is 16.4 Å². The van der Waals surface area contributed by atoms with E-state index in [1.165, 1.54) is 0 Å². The lowest BCUT2D eigenvalue weighted by atomic mass is 9.80. The van der Waals surface area contributed by atoms with Crippen LogP contribution >= 0.6 is 0 Å². The average Bonchev–Trinajstić information content (AvgIpc) is 2.67. The van der Waals surface area contributed by atoms with Gasteiger partial charge in [0.1, 0.15) is 0 Å². The molecule has 12 heteroatoms. The summed E-state index contributed by atoms with van der Waals surface area (Å²) in [6.07, 6.45) is 2.28. The molecule has 0 spiro atoms. The minimum Gasteiger partial charge on any atom is -0.329 e. The molecule has 1 aromatic heterocycles. The van der Waals surface area contributed by atoms with Gasteiger partial charge in [0, 0.05) is 24.0 Å². The number of nitro groups is 1. The second-order valence-electron chi connectivity index (χ2n) is 7.71. The van der Waals surface area contributed by atoms with Crippen LogP contribution in [0.15, 0.2) is 35.3 Å². The number of guanidine groups is 1. The highest BCUT2D eigenvalue weighted by Crippen LogP contribution is 2.33. The molecule has 2 aliphatic rings. The SMILES string of the molecule is NC1CCC(CC2(N)NC(=NCc3cnccc3C(F)(F)F)NC=C2[N+](=O)[O-])CC1. The van der Waals surface area contributed by atoms with E-state index in [2.05, 4.69) is 20.6 Å². The predicted octanol–water partition coefficient (Wildman–Crippen LogP) is 1.83. The molecule has 1 saturated carbocycles. The lowest BCUT2D eigenvalue weighted by molar-refractivity contribution is -0.437. The third kappa shape index (κ3) is 5.05. The van der Waals surface area contributed by atoms with Crippen molar-refractivity contribution in [3.63, 3.8) is 0 Å². The molecule has 164 valence electrons. The molecule has 0 aromatic carbocycles. The van der Waals surface area contributed by atoms with Gasteiger partial charge in [0.15, 0.2) is 11.6 Å². The fourth-order valence-electron chi connectivity index (χ4n) is 3.87. The Morgan fingerprint density at radius 3 is 2.67 bits per heavy atom. The van der Waals surface area contributed by atoms with E-state index in [0.717, 1.165) is 50.3 Å². The monoisotopic (exact) mass is 427 g/mol. The summed E-state index contributed by atoms with van der Waals surface area (Å²) >= 11 is 0. The van der Waals surface area contributed by atoms with Gasteiger partial charge in [-0.25, -0.2) is 4.99 Å². The Balaban J connectivity index is 1.79. The van der Waals surface area contributed by atoms with Gasteiger partial charge in [-0.3, -0.25) is 20.8 Å². The van der Waals surface area contributed by atoms with Gasteiger partial charge in [0.25, 0.3) is 0 Å². The fourth-order valence-corrected chi connectivity index (χ4v) is 3.87. The molecule has 9 nitrogen and oxygen atoms in total. The molecular weight excluding hydrogens is 403 g/mol. The Kier molecular flexibility index (Phi) is 6.27. The normalized spacial score (nSPS) is 28.4. The number of aromatic nitrogens is 1. The van der Waals surface area contributed by atoms with Crippen molar-refractivity contribution in [3.05, 3.63) is 51.6 Å². The number of pyridine rings is 1. The third-order valence-electron chi connectivity index (χ3n) is 5.46. The largest absolute Gasteiger partial charge is 0.416 e. The molecular formula is C18H24F3N7O2. The van der Waals surface area contributed by atoms with Crippen LogP contribution in [-0.2, 0) is 12.7 Å². The van der Waals surface area contributed by atoms with E-state index < -0.39 is 22.3 Å². The van der Waals surface area contributed by atoms with Crippen LogP contribution in [0.1, 0.15) is 43.2 Å². The Labute approximate surface area is 171 Å². The molecule has 1 aliphatic heterocycles. The first kappa shape index (κ1) is 22.0. The molecule has 1 aliphatic carbocycles. The summed E-state index contributed by atoms with van der Waals surface area (Å²) in [5.41, 5.74) is 9.57. The van der Waals surface area contributed by atoms with E-state index in [9.17, 15) is 23.3 Å². The van der Waals surface area contributed by atoms with Crippen LogP contribution in [0, 0.1) is 16.0 Å². The van der Waals surface area contributed by atoms with E-state index in [1.807, 2.05) is 0 Å². The van der Waals surface area contributed by atoms with E-state index >= 15 is 0 Å². The topological polar surface area (TPSA) is 144 Å². The van der Waals surface area contributed by atoms with Gasteiger partial charge in [0.05, 0.1) is 23.2 Å². The van der Waals surface area contributed by atoms with Crippen molar-refractivity contribution in [1.82, 2.24) is 15.6 Å². The highest BCUT2D eigenvalue weighted by molar-refractivity contribution is 5.83.